The van der Waals surface area contributed by atoms with E-state index in [1.165, 1.54) is 0 Å². The van der Waals surface area contributed by atoms with E-state index >= 15 is 0 Å². The zero-order valence-corrected chi connectivity index (χ0v) is 17.0. The average molecular weight is 434 g/mol. The van der Waals surface area contributed by atoms with Gasteiger partial charge in [-0.1, -0.05) is 26.0 Å². The van der Waals surface area contributed by atoms with Gasteiger partial charge in [-0.2, -0.15) is 0 Å². The lowest BCUT2D eigenvalue weighted by molar-refractivity contribution is 0.223. The number of halogens is 1. The number of guanidine groups is 1. The smallest absolute Gasteiger partial charge is 0.189 e. The molecule has 0 aromatic heterocycles. The van der Waals surface area contributed by atoms with Gasteiger partial charge in [0, 0.05) is 12.6 Å². The van der Waals surface area contributed by atoms with Crippen molar-refractivity contribution in [1.82, 2.24) is 10.2 Å². The lowest BCUT2D eigenvalue weighted by Crippen LogP contribution is -2.36. The van der Waals surface area contributed by atoms with Gasteiger partial charge in [0.05, 0.1) is 6.54 Å². The predicted octanol–water partition coefficient (Wildman–Crippen LogP) is 2.84. The number of nitrogens with one attached hydrogen (secondary N) is 1. The van der Waals surface area contributed by atoms with Gasteiger partial charge in [0.25, 0.3) is 0 Å². The van der Waals surface area contributed by atoms with Crippen molar-refractivity contribution in [2.24, 2.45) is 10.7 Å². The van der Waals surface area contributed by atoms with Crippen molar-refractivity contribution < 1.29 is 4.74 Å². The van der Waals surface area contributed by atoms with Crippen LogP contribution >= 0.6 is 24.0 Å². The largest absolute Gasteiger partial charge is 0.492 e. The Morgan fingerprint density at radius 1 is 1.22 bits per heavy atom. The molecule has 1 rings (SSSR count). The molecule has 0 saturated carbocycles. The molecule has 0 aliphatic carbocycles. The SMILES string of the molecule is CCN(CC)CCOc1ccc(CN=C(N)NC(C)C)cc1.I. The van der Waals surface area contributed by atoms with Gasteiger partial charge in [-0.25, -0.2) is 4.99 Å². The van der Waals surface area contributed by atoms with Crippen molar-refractivity contribution in [3.63, 3.8) is 0 Å². The number of aliphatic imine (C=N–C) groups is 1. The monoisotopic (exact) mass is 434 g/mol. The number of ether oxygens (including phenoxy) is 1. The second-order valence-corrected chi connectivity index (χ2v) is 5.52. The summed E-state index contributed by atoms with van der Waals surface area (Å²) in [6.45, 7) is 12.8. The topological polar surface area (TPSA) is 62.9 Å². The van der Waals surface area contributed by atoms with Gasteiger partial charge in [-0.05, 0) is 44.6 Å². The Bertz CT molecular complexity index is 444. The van der Waals surface area contributed by atoms with Crippen LogP contribution in [0.25, 0.3) is 0 Å². The summed E-state index contributed by atoms with van der Waals surface area (Å²) in [4.78, 5) is 6.65. The fourth-order valence-corrected chi connectivity index (χ4v) is 2.04. The first-order valence-electron chi connectivity index (χ1n) is 8.05. The normalized spacial score (nSPS) is 11.5. The van der Waals surface area contributed by atoms with Crippen LogP contribution in [0.2, 0.25) is 0 Å². The summed E-state index contributed by atoms with van der Waals surface area (Å²) in [6.07, 6.45) is 0. The molecule has 0 bridgehead atoms. The first kappa shape index (κ1) is 22.0. The van der Waals surface area contributed by atoms with Crippen LogP contribution < -0.4 is 15.8 Å². The maximum atomic E-state index is 5.78. The molecule has 0 fully saturated rings. The summed E-state index contributed by atoms with van der Waals surface area (Å²) in [7, 11) is 0. The number of likely N-dealkylation sites (N-methyl/N-ethyl adjacent to an activating group) is 1. The first-order valence-corrected chi connectivity index (χ1v) is 8.05. The van der Waals surface area contributed by atoms with Gasteiger partial charge >= 0.3 is 0 Å². The van der Waals surface area contributed by atoms with E-state index in [1.54, 1.807) is 0 Å². The number of rotatable bonds is 9. The summed E-state index contributed by atoms with van der Waals surface area (Å²) >= 11 is 0. The van der Waals surface area contributed by atoms with Crippen molar-refractivity contribution >= 4 is 29.9 Å². The molecule has 0 aliphatic heterocycles. The highest BCUT2D eigenvalue weighted by Gasteiger charge is 2.00. The molecule has 132 valence electrons. The maximum absolute atomic E-state index is 5.78. The number of benzene rings is 1. The van der Waals surface area contributed by atoms with Gasteiger partial charge < -0.3 is 20.7 Å². The van der Waals surface area contributed by atoms with Crippen LogP contribution in [0.4, 0.5) is 0 Å². The van der Waals surface area contributed by atoms with E-state index in [-0.39, 0.29) is 24.0 Å². The highest BCUT2D eigenvalue weighted by atomic mass is 127. The molecule has 1 aromatic rings. The van der Waals surface area contributed by atoms with Gasteiger partial charge in [0.1, 0.15) is 12.4 Å². The molecule has 0 radical (unpaired) electrons. The van der Waals surface area contributed by atoms with E-state index in [0.717, 1.165) is 30.9 Å². The molecule has 5 nitrogen and oxygen atoms in total. The molecule has 0 unspecified atom stereocenters. The molecule has 0 saturated heterocycles. The van der Waals surface area contributed by atoms with Crippen molar-refractivity contribution in [2.45, 2.75) is 40.3 Å². The highest BCUT2D eigenvalue weighted by molar-refractivity contribution is 14.0. The van der Waals surface area contributed by atoms with E-state index < -0.39 is 0 Å². The fraction of sp³-hybridized carbons (Fsp3) is 0.588. The van der Waals surface area contributed by atoms with Gasteiger partial charge in [-0.15, -0.1) is 24.0 Å². The Hall–Kier alpha value is -1.02. The highest BCUT2D eigenvalue weighted by Crippen LogP contribution is 2.12. The lowest BCUT2D eigenvalue weighted by atomic mass is 10.2. The molecule has 0 amide bonds. The number of nitrogens with two attached hydrogens (primary N) is 1. The van der Waals surface area contributed by atoms with Gasteiger partial charge in [0.15, 0.2) is 5.96 Å². The van der Waals surface area contributed by atoms with E-state index in [1.807, 2.05) is 38.1 Å². The minimum atomic E-state index is 0. The Labute approximate surface area is 157 Å². The van der Waals surface area contributed by atoms with Crippen molar-refractivity contribution in [3.8, 4) is 5.75 Å². The first-order chi connectivity index (χ1) is 10.5. The van der Waals surface area contributed by atoms with Crippen LogP contribution in [-0.2, 0) is 6.54 Å². The van der Waals surface area contributed by atoms with Crippen LogP contribution in [-0.4, -0.2) is 43.1 Å². The quantitative estimate of drug-likeness (QED) is 0.357. The summed E-state index contributed by atoms with van der Waals surface area (Å²) in [5, 5.41) is 3.07. The third-order valence-corrected chi connectivity index (χ3v) is 3.36. The summed E-state index contributed by atoms with van der Waals surface area (Å²) in [5.74, 6) is 1.38. The Kier molecular flexibility index (Phi) is 11.9. The predicted molar refractivity (Wildman–Crippen MR) is 109 cm³/mol. The second-order valence-electron chi connectivity index (χ2n) is 5.52. The molecule has 23 heavy (non-hydrogen) atoms. The zero-order valence-electron chi connectivity index (χ0n) is 14.7. The Morgan fingerprint density at radius 2 is 1.83 bits per heavy atom. The minimum Gasteiger partial charge on any atom is -0.492 e. The van der Waals surface area contributed by atoms with E-state index in [0.29, 0.717) is 25.2 Å². The lowest BCUT2D eigenvalue weighted by Gasteiger charge is -2.18. The number of nitrogens with zero attached hydrogens (tertiary/aromatic N) is 2. The van der Waals surface area contributed by atoms with Crippen molar-refractivity contribution in [3.05, 3.63) is 29.8 Å². The second kappa shape index (κ2) is 12.4. The van der Waals surface area contributed by atoms with Crippen molar-refractivity contribution in [1.29, 1.82) is 0 Å². The Morgan fingerprint density at radius 3 is 2.35 bits per heavy atom. The molecular weight excluding hydrogens is 403 g/mol. The third-order valence-electron chi connectivity index (χ3n) is 3.36. The average Bonchev–Trinajstić information content (AvgIpc) is 2.50. The summed E-state index contributed by atoms with van der Waals surface area (Å²) in [5.41, 5.74) is 6.90. The number of hydrogen-bond donors (Lipinski definition) is 2. The number of hydrogen-bond acceptors (Lipinski definition) is 3. The standard InChI is InChI=1S/C17H30N4O.HI/c1-5-21(6-2)11-12-22-16-9-7-15(8-10-16)13-19-17(18)20-14(3)4;/h7-10,14H,5-6,11-13H2,1-4H3,(H3,18,19,20);1H. The summed E-state index contributed by atoms with van der Waals surface area (Å²) in [6, 6.07) is 8.32. The van der Waals surface area contributed by atoms with Crippen LogP contribution in [0.15, 0.2) is 29.3 Å². The molecule has 0 spiro atoms. The molecule has 0 heterocycles. The van der Waals surface area contributed by atoms with E-state index in [4.69, 9.17) is 10.5 Å². The Balaban J connectivity index is 0.00000484. The fourth-order valence-electron chi connectivity index (χ4n) is 2.04. The van der Waals surface area contributed by atoms with Gasteiger partial charge in [-0.3, -0.25) is 0 Å². The van der Waals surface area contributed by atoms with Crippen LogP contribution in [0.3, 0.4) is 0 Å². The van der Waals surface area contributed by atoms with Gasteiger partial charge in [0.2, 0.25) is 0 Å². The van der Waals surface area contributed by atoms with Crippen molar-refractivity contribution in [2.75, 3.05) is 26.2 Å². The molecule has 6 heteroatoms. The zero-order chi connectivity index (χ0) is 16.4. The third kappa shape index (κ3) is 9.65. The van der Waals surface area contributed by atoms with Crippen LogP contribution in [0.5, 0.6) is 5.75 Å². The molecule has 1 aromatic carbocycles. The van der Waals surface area contributed by atoms with Crippen LogP contribution in [0, 0.1) is 0 Å². The maximum Gasteiger partial charge on any atom is 0.189 e. The summed E-state index contributed by atoms with van der Waals surface area (Å²) < 4.78 is 5.76. The molecular formula is C17H31IN4O. The molecule has 0 atom stereocenters. The molecule has 0 aliphatic rings. The molecule has 3 N–H and O–H groups in total. The minimum absolute atomic E-state index is 0. The van der Waals surface area contributed by atoms with E-state index in [9.17, 15) is 0 Å². The van der Waals surface area contributed by atoms with E-state index in [2.05, 4.69) is 29.1 Å². The van der Waals surface area contributed by atoms with Crippen LogP contribution in [0.1, 0.15) is 33.3 Å².